The molecule has 0 radical (unpaired) electrons. The fourth-order valence-corrected chi connectivity index (χ4v) is 2.92. The highest BCUT2D eigenvalue weighted by Gasteiger charge is 2.20. The van der Waals surface area contributed by atoms with Gasteiger partial charge in [-0.1, -0.05) is 12.8 Å². The van der Waals surface area contributed by atoms with Crippen molar-refractivity contribution < 1.29 is 14.3 Å². The molecule has 0 atom stereocenters. The Morgan fingerprint density at radius 3 is 2.90 bits per heavy atom. The number of hydrogen-bond donors (Lipinski definition) is 0. The highest BCUT2D eigenvalue weighted by atomic mass is 16.5. The highest BCUT2D eigenvalue weighted by Crippen LogP contribution is 2.32. The summed E-state index contributed by atoms with van der Waals surface area (Å²) in [5.74, 6) is 2.10. The van der Waals surface area contributed by atoms with Gasteiger partial charge >= 0.3 is 5.97 Å². The van der Waals surface area contributed by atoms with Gasteiger partial charge in [0.1, 0.15) is 17.2 Å². The molecule has 20 heavy (non-hydrogen) atoms. The minimum atomic E-state index is -0.403. The van der Waals surface area contributed by atoms with Crippen molar-refractivity contribution in [3.63, 3.8) is 0 Å². The van der Waals surface area contributed by atoms with Crippen LogP contribution in [0.5, 0.6) is 5.75 Å². The number of rotatable bonds is 2. The highest BCUT2D eigenvalue weighted by molar-refractivity contribution is 5.87. The van der Waals surface area contributed by atoms with Gasteiger partial charge in [0.05, 0.1) is 12.8 Å². The molecule has 1 fully saturated rings. The van der Waals surface area contributed by atoms with Crippen molar-refractivity contribution in [2.24, 2.45) is 5.92 Å². The van der Waals surface area contributed by atoms with Crippen LogP contribution < -0.4 is 4.74 Å². The second kappa shape index (κ2) is 5.65. The van der Waals surface area contributed by atoms with Crippen LogP contribution in [0.1, 0.15) is 48.3 Å². The average Bonchev–Trinajstić information content (AvgIpc) is 2.98. The van der Waals surface area contributed by atoms with E-state index in [1.54, 1.807) is 6.07 Å². The summed E-state index contributed by atoms with van der Waals surface area (Å²) in [4.78, 5) is 15.8. The van der Waals surface area contributed by atoms with Crippen molar-refractivity contribution in [2.45, 2.75) is 38.5 Å². The first kappa shape index (κ1) is 13.2. The monoisotopic (exact) mass is 273 g/mol. The molecule has 0 bridgehead atoms. The summed E-state index contributed by atoms with van der Waals surface area (Å²) in [6.07, 6.45) is 9.17. The lowest BCUT2D eigenvalue weighted by Gasteiger charge is -2.20. The fraction of sp³-hybridized carbons (Fsp3) is 0.500. The van der Waals surface area contributed by atoms with Gasteiger partial charge in [-0.3, -0.25) is 0 Å². The topological polar surface area (TPSA) is 48.4 Å². The molecular weight excluding hydrogens is 254 g/mol. The number of pyridine rings is 1. The third kappa shape index (κ3) is 2.69. The number of hydrogen-bond acceptors (Lipinski definition) is 4. The normalized spacial score (nSPS) is 20.6. The third-order valence-electron chi connectivity index (χ3n) is 4.00. The Bertz CT molecular complexity index is 545. The SMILES string of the molecule is COC(=O)c1ccc2c(n1)CCC(=CC1CCCC1)O2. The molecule has 1 aromatic rings. The number of fused-ring (bicyclic) bond motifs is 1. The summed E-state index contributed by atoms with van der Waals surface area (Å²) in [5.41, 5.74) is 1.19. The lowest BCUT2D eigenvalue weighted by atomic mass is 10.0. The summed E-state index contributed by atoms with van der Waals surface area (Å²) >= 11 is 0. The quantitative estimate of drug-likeness (QED) is 0.776. The largest absolute Gasteiger partial charge is 0.464 e. The number of ether oxygens (including phenoxy) is 2. The van der Waals surface area contributed by atoms with Crippen molar-refractivity contribution in [1.29, 1.82) is 0 Å². The standard InChI is InChI=1S/C16H19NO3/c1-19-16(18)14-8-9-15-13(17-14)7-6-12(20-15)10-11-4-2-3-5-11/h8-11H,2-7H2,1H3. The van der Waals surface area contributed by atoms with Crippen LogP contribution in [0.15, 0.2) is 24.0 Å². The van der Waals surface area contributed by atoms with Crippen molar-refractivity contribution in [3.05, 3.63) is 35.4 Å². The Morgan fingerprint density at radius 2 is 2.15 bits per heavy atom. The summed E-state index contributed by atoms with van der Waals surface area (Å²) in [5, 5.41) is 0. The molecule has 1 aliphatic carbocycles. The van der Waals surface area contributed by atoms with E-state index in [0.717, 1.165) is 30.0 Å². The van der Waals surface area contributed by atoms with Crippen LogP contribution in [0.25, 0.3) is 0 Å². The van der Waals surface area contributed by atoms with Crippen LogP contribution in [0.2, 0.25) is 0 Å². The Labute approximate surface area is 118 Å². The van der Waals surface area contributed by atoms with E-state index >= 15 is 0 Å². The number of carbonyl (C=O) groups excluding carboxylic acids is 1. The Hall–Kier alpha value is -1.84. The van der Waals surface area contributed by atoms with Crippen molar-refractivity contribution >= 4 is 5.97 Å². The number of aryl methyl sites for hydroxylation is 1. The lowest BCUT2D eigenvalue weighted by Crippen LogP contribution is -2.13. The van der Waals surface area contributed by atoms with Gasteiger partial charge in [0.25, 0.3) is 0 Å². The fourth-order valence-electron chi connectivity index (χ4n) is 2.92. The molecule has 0 amide bonds. The first-order valence-electron chi connectivity index (χ1n) is 7.23. The number of esters is 1. The Kier molecular flexibility index (Phi) is 3.72. The van der Waals surface area contributed by atoms with E-state index in [0.29, 0.717) is 11.6 Å². The molecule has 0 aromatic carbocycles. The van der Waals surface area contributed by atoms with Gasteiger partial charge in [0.15, 0.2) is 0 Å². The van der Waals surface area contributed by atoms with Gasteiger partial charge in [-0.2, -0.15) is 0 Å². The van der Waals surface area contributed by atoms with E-state index in [1.807, 2.05) is 6.07 Å². The van der Waals surface area contributed by atoms with Crippen LogP contribution in [-0.4, -0.2) is 18.1 Å². The number of nitrogens with zero attached hydrogens (tertiary/aromatic N) is 1. The number of carbonyl (C=O) groups is 1. The second-order valence-corrected chi connectivity index (χ2v) is 5.41. The first-order valence-corrected chi connectivity index (χ1v) is 7.23. The van der Waals surface area contributed by atoms with Crippen LogP contribution in [0.3, 0.4) is 0 Å². The summed E-state index contributed by atoms with van der Waals surface area (Å²) < 4.78 is 10.6. The van der Waals surface area contributed by atoms with E-state index in [1.165, 1.54) is 32.8 Å². The summed E-state index contributed by atoms with van der Waals surface area (Å²) in [6.45, 7) is 0. The zero-order valence-electron chi connectivity index (χ0n) is 11.7. The van der Waals surface area contributed by atoms with Crippen molar-refractivity contribution in [3.8, 4) is 5.75 Å². The van der Waals surface area contributed by atoms with Crippen molar-refractivity contribution in [2.75, 3.05) is 7.11 Å². The van der Waals surface area contributed by atoms with E-state index < -0.39 is 5.97 Å². The summed E-state index contributed by atoms with van der Waals surface area (Å²) in [6, 6.07) is 3.47. The molecule has 0 unspecified atom stereocenters. The third-order valence-corrected chi connectivity index (χ3v) is 4.00. The molecule has 106 valence electrons. The molecule has 0 saturated heterocycles. The maximum Gasteiger partial charge on any atom is 0.356 e. The minimum Gasteiger partial charge on any atom is -0.464 e. The predicted octanol–water partition coefficient (Wildman–Crippen LogP) is 3.27. The van der Waals surface area contributed by atoms with E-state index in [-0.39, 0.29) is 0 Å². The minimum absolute atomic E-state index is 0.345. The molecule has 1 aromatic heterocycles. The van der Waals surface area contributed by atoms with Gasteiger partial charge < -0.3 is 9.47 Å². The summed E-state index contributed by atoms with van der Waals surface area (Å²) in [7, 11) is 1.36. The van der Waals surface area contributed by atoms with Gasteiger partial charge in [0, 0.05) is 12.8 Å². The van der Waals surface area contributed by atoms with E-state index in [4.69, 9.17) is 4.74 Å². The van der Waals surface area contributed by atoms with Crippen LogP contribution >= 0.6 is 0 Å². The Balaban J connectivity index is 1.76. The second-order valence-electron chi connectivity index (χ2n) is 5.41. The molecule has 4 nitrogen and oxygen atoms in total. The maximum atomic E-state index is 11.5. The molecule has 1 aliphatic heterocycles. The number of methoxy groups -OCH3 is 1. The van der Waals surface area contributed by atoms with E-state index in [9.17, 15) is 4.79 Å². The van der Waals surface area contributed by atoms with Gasteiger partial charge in [0.2, 0.25) is 0 Å². The molecule has 2 aliphatic rings. The van der Waals surface area contributed by atoms with Gasteiger partial charge in [-0.15, -0.1) is 0 Å². The Morgan fingerprint density at radius 1 is 1.35 bits per heavy atom. The molecule has 1 saturated carbocycles. The molecule has 0 N–H and O–H groups in total. The van der Waals surface area contributed by atoms with Crippen LogP contribution in [0, 0.1) is 5.92 Å². The van der Waals surface area contributed by atoms with Gasteiger partial charge in [-0.05, 0) is 37.0 Å². The molecule has 2 heterocycles. The average molecular weight is 273 g/mol. The molecular formula is C16H19NO3. The maximum absolute atomic E-state index is 11.5. The number of allylic oxidation sites excluding steroid dienone is 2. The zero-order valence-corrected chi connectivity index (χ0v) is 11.7. The van der Waals surface area contributed by atoms with E-state index in [2.05, 4.69) is 15.8 Å². The van der Waals surface area contributed by atoms with Crippen molar-refractivity contribution in [1.82, 2.24) is 4.98 Å². The van der Waals surface area contributed by atoms with Gasteiger partial charge in [-0.25, -0.2) is 9.78 Å². The molecule has 3 rings (SSSR count). The van der Waals surface area contributed by atoms with Crippen LogP contribution in [0.4, 0.5) is 0 Å². The molecule has 4 heteroatoms. The smallest absolute Gasteiger partial charge is 0.356 e. The first-order chi connectivity index (χ1) is 9.76. The zero-order chi connectivity index (χ0) is 13.9. The predicted molar refractivity (Wildman–Crippen MR) is 74.6 cm³/mol. The number of aromatic nitrogens is 1. The van der Waals surface area contributed by atoms with Crippen LogP contribution in [-0.2, 0) is 11.2 Å². The molecule has 0 spiro atoms. The lowest BCUT2D eigenvalue weighted by molar-refractivity contribution is 0.0593.